The van der Waals surface area contributed by atoms with Crippen LogP contribution in [-0.4, -0.2) is 82.1 Å². The maximum absolute atomic E-state index is 12.7. The fourth-order valence-corrected chi connectivity index (χ4v) is 4.48. The molecule has 1 aliphatic heterocycles. The van der Waals surface area contributed by atoms with Gasteiger partial charge in [0.2, 0.25) is 11.9 Å². The summed E-state index contributed by atoms with van der Waals surface area (Å²) in [5.74, 6) is 7.26. The Balaban J connectivity index is 1.31. The summed E-state index contributed by atoms with van der Waals surface area (Å²) in [5.41, 5.74) is 1.89. The van der Waals surface area contributed by atoms with E-state index in [0.29, 0.717) is 62.8 Å². The van der Waals surface area contributed by atoms with Crippen LogP contribution in [0.25, 0.3) is 10.9 Å². The van der Waals surface area contributed by atoms with Crippen LogP contribution in [-0.2, 0) is 14.3 Å². The Morgan fingerprint density at radius 3 is 2.86 bits per heavy atom. The van der Waals surface area contributed by atoms with E-state index in [9.17, 15) is 9.59 Å². The normalized spacial score (nSPS) is 14.8. The summed E-state index contributed by atoms with van der Waals surface area (Å²) in [6, 6.07) is 5.36. The number of amides is 2. The first-order valence-electron chi connectivity index (χ1n) is 14.3. The number of benzene rings is 1. The Kier molecular flexibility index (Phi) is 10.6. The van der Waals surface area contributed by atoms with Gasteiger partial charge in [-0.1, -0.05) is 11.8 Å². The van der Waals surface area contributed by atoms with Gasteiger partial charge in [0.15, 0.2) is 0 Å². The molecule has 3 heterocycles. The number of nitrogens with zero attached hydrogens (tertiary/aromatic N) is 4. The third-order valence-electron chi connectivity index (χ3n) is 6.49. The predicted molar refractivity (Wildman–Crippen MR) is 161 cm³/mol. The smallest absolute Gasteiger partial charge is 0.410 e. The van der Waals surface area contributed by atoms with Crippen LogP contribution >= 0.6 is 0 Å². The van der Waals surface area contributed by atoms with Crippen molar-refractivity contribution >= 4 is 40.4 Å². The molecule has 1 aliphatic rings. The molecular weight excluding hydrogens is 536 g/mol. The Hall–Kier alpha value is -4.37. The molecule has 1 fully saturated rings. The average molecular weight is 577 g/mol. The van der Waals surface area contributed by atoms with Gasteiger partial charge in [0, 0.05) is 50.8 Å². The molecule has 1 saturated heterocycles. The van der Waals surface area contributed by atoms with E-state index in [4.69, 9.17) is 9.47 Å². The second-order valence-corrected chi connectivity index (χ2v) is 11.1. The number of hydrogen-bond acceptors (Lipinski definition) is 9. The lowest BCUT2D eigenvalue weighted by Crippen LogP contribution is -2.47. The standard InChI is InChI=1S/C30H40N8O4/c1-30(2,3)42-29(40)38-16-8-11-25(38)27(39)32-14-7-5-6-10-21-19-33-28(36-26(21)31-15-9-17-41-4)35-23-12-13-24-22(18-23)20-34-37-24/h12-13,18-20,25H,5,7-9,11,14-17H2,1-4H3,(H,32,39)(H,34,37)(H2,31,33,35,36)/t25-/m0/s1. The van der Waals surface area contributed by atoms with Crippen LogP contribution < -0.4 is 16.0 Å². The highest BCUT2D eigenvalue weighted by Crippen LogP contribution is 2.22. The molecule has 1 aromatic carbocycles. The Bertz CT molecular complexity index is 1420. The maximum Gasteiger partial charge on any atom is 0.410 e. The number of likely N-dealkylation sites (tertiary alicyclic amines) is 1. The van der Waals surface area contributed by atoms with E-state index in [1.165, 1.54) is 4.90 Å². The van der Waals surface area contributed by atoms with Gasteiger partial charge in [-0.15, -0.1) is 0 Å². The lowest BCUT2D eigenvalue weighted by molar-refractivity contribution is -0.125. The lowest BCUT2D eigenvalue weighted by atomic mass is 10.2. The van der Waals surface area contributed by atoms with Crippen molar-refractivity contribution in [1.29, 1.82) is 0 Å². The number of fused-ring (bicyclic) bond motifs is 1. The van der Waals surface area contributed by atoms with E-state index >= 15 is 0 Å². The van der Waals surface area contributed by atoms with Crippen molar-refractivity contribution in [2.45, 2.75) is 64.5 Å². The molecule has 4 N–H and O–H groups in total. The van der Waals surface area contributed by atoms with Gasteiger partial charge < -0.3 is 25.4 Å². The van der Waals surface area contributed by atoms with E-state index in [2.05, 4.69) is 48.0 Å². The Morgan fingerprint density at radius 2 is 2.05 bits per heavy atom. The summed E-state index contributed by atoms with van der Waals surface area (Å²) >= 11 is 0. The number of ether oxygens (including phenoxy) is 2. The zero-order chi connectivity index (χ0) is 30.0. The fraction of sp³-hybridized carbons (Fsp3) is 0.500. The molecule has 42 heavy (non-hydrogen) atoms. The quantitative estimate of drug-likeness (QED) is 0.195. The van der Waals surface area contributed by atoms with Crippen LogP contribution in [0.1, 0.15) is 58.4 Å². The number of unbranched alkanes of at least 4 members (excludes halogenated alkanes) is 1. The van der Waals surface area contributed by atoms with Crippen molar-refractivity contribution in [3.63, 3.8) is 0 Å². The van der Waals surface area contributed by atoms with Gasteiger partial charge in [-0.05, 0) is 64.7 Å². The van der Waals surface area contributed by atoms with Crippen LogP contribution in [0.3, 0.4) is 0 Å². The number of methoxy groups -OCH3 is 1. The molecule has 0 unspecified atom stereocenters. The average Bonchev–Trinajstić information content (AvgIpc) is 3.63. The van der Waals surface area contributed by atoms with Gasteiger partial charge in [-0.3, -0.25) is 14.8 Å². The SMILES string of the molecule is COCCCNc1nc(Nc2ccc3[nH]ncc3c2)ncc1C#CCCCNC(=O)[C@@H]1CCCN1C(=O)OC(C)(C)C. The molecule has 1 atom stereocenters. The summed E-state index contributed by atoms with van der Waals surface area (Å²) in [6.07, 6.45) is 6.50. The van der Waals surface area contributed by atoms with Crippen LogP contribution in [0.15, 0.2) is 30.6 Å². The van der Waals surface area contributed by atoms with Crippen molar-refractivity contribution < 1.29 is 19.1 Å². The minimum atomic E-state index is -0.601. The van der Waals surface area contributed by atoms with E-state index in [1.54, 1.807) is 19.5 Å². The number of carbonyl (C=O) groups is 2. The summed E-state index contributed by atoms with van der Waals surface area (Å²) in [7, 11) is 1.67. The van der Waals surface area contributed by atoms with E-state index in [1.807, 2.05) is 39.0 Å². The van der Waals surface area contributed by atoms with Gasteiger partial charge in [0.25, 0.3) is 0 Å². The first-order valence-corrected chi connectivity index (χ1v) is 14.3. The second-order valence-electron chi connectivity index (χ2n) is 11.1. The Labute approximate surface area is 246 Å². The van der Waals surface area contributed by atoms with Crippen LogP contribution in [0.2, 0.25) is 0 Å². The molecule has 3 aromatic rings. The van der Waals surface area contributed by atoms with Gasteiger partial charge in [0.05, 0.1) is 23.5 Å². The van der Waals surface area contributed by atoms with Crippen molar-refractivity contribution in [3.8, 4) is 11.8 Å². The first kappa shape index (κ1) is 30.6. The van der Waals surface area contributed by atoms with E-state index in [0.717, 1.165) is 29.4 Å². The number of aromatic amines is 1. The molecule has 0 bridgehead atoms. The minimum absolute atomic E-state index is 0.155. The third kappa shape index (κ3) is 8.81. The largest absolute Gasteiger partial charge is 0.444 e. The molecule has 2 aromatic heterocycles. The topological polar surface area (TPSA) is 146 Å². The monoisotopic (exact) mass is 576 g/mol. The van der Waals surface area contributed by atoms with Gasteiger partial charge >= 0.3 is 6.09 Å². The van der Waals surface area contributed by atoms with Gasteiger partial charge in [0.1, 0.15) is 17.5 Å². The highest BCUT2D eigenvalue weighted by Gasteiger charge is 2.36. The molecule has 4 rings (SSSR count). The highest BCUT2D eigenvalue weighted by molar-refractivity contribution is 5.86. The molecule has 0 aliphatic carbocycles. The van der Waals surface area contributed by atoms with Gasteiger partial charge in [-0.25, -0.2) is 9.78 Å². The molecule has 0 saturated carbocycles. The fourth-order valence-electron chi connectivity index (χ4n) is 4.48. The molecule has 12 nitrogen and oxygen atoms in total. The minimum Gasteiger partial charge on any atom is -0.444 e. The van der Waals surface area contributed by atoms with Crippen LogP contribution in [0.4, 0.5) is 22.2 Å². The predicted octanol–water partition coefficient (Wildman–Crippen LogP) is 4.19. The number of rotatable bonds is 11. The van der Waals surface area contributed by atoms with Crippen molar-refractivity contribution in [2.24, 2.45) is 0 Å². The molecule has 2 amide bonds. The number of anilines is 3. The number of H-pyrrole nitrogens is 1. The van der Waals surface area contributed by atoms with Crippen LogP contribution in [0.5, 0.6) is 0 Å². The highest BCUT2D eigenvalue weighted by atomic mass is 16.6. The molecular formula is C30H40N8O4. The zero-order valence-electron chi connectivity index (χ0n) is 24.7. The number of carbonyl (C=O) groups excluding carboxylic acids is 2. The van der Waals surface area contributed by atoms with Crippen molar-refractivity contribution in [2.75, 3.05) is 44.0 Å². The van der Waals surface area contributed by atoms with E-state index in [-0.39, 0.29) is 5.91 Å². The van der Waals surface area contributed by atoms with Gasteiger partial charge in [-0.2, -0.15) is 10.1 Å². The number of hydrogen-bond donors (Lipinski definition) is 4. The van der Waals surface area contributed by atoms with Crippen LogP contribution in [0, 0.1) is 11.8 Å². The number of aromatic nitrogens is 4. The molecule has 0 radical (unpaired) electrons. The summed E-state index contributed by atoms with van der Waals surface area (Å²) in [6.45, 7) is 7.75. The number of nitrogens with one attached hydrogen (secondary N) is 4. The molecule has 224 valence electrons. The maximum atomic E-state index is 12.7. The van der Waals surface area contributed by atoms with E-state index < -0.39 is 17.7 Å². The molecule has 0 spiro atoms. The van der Waals surface area contributed by atoms with Crippen molar-refractivity contribution in [1.82, 2.24) is 30.4 Å². The first-order chi connectivity index (χ1) is 20.2. The molecule has 12 heteroatoms. The second kappa shape index (κ2) is 14.5. The summed E-state index contributed by atoms with van der Waals surface area (Å²) in [5, 5.41) is 17.5. The summed E-state index contributed by atoms with van der Waals surface area (Å²) in [4.78, 5) is 35.9. The third-order valence-corrected chi connectivity index (χ3v) is 6.49. The Morgan fingerprint density at radius 1 is 1.19 bits per heavy atom. The zero-order valence-corrected chi connectivity index (χ0v) is 24.7. The lowest BCUT2D eigenvalue weighted by Gasteiger charge is -2.28. The van der Waals surface area contributed by atoms with Crippen molar-refractivity contribution in [3.05, 3.63) is 36.2 Å². The summed E-state index contributed by atoms with van der Waals surface area (Å²) < 4.78 is 10.6.